The van der Waals surface area contributed by atoms with Gasteiger partial charge in [-0.15, -0.1) is 0 Å². The van der Waals surface area contributed by atoms with E-state index in [1.54, 1.807) is 0 Å². The Balaban J connectivity index is -0.00000000167. The van der Waals surface area contributed by atoms with Gasteiger partial charge in [-0.25, -0.2) is 0 Å². The fourth-order valence-electron chi connectivity index (χ4n) is 0. The molecule has 1 unspecified atom stereocenters. The van der Waals surface area contributed by atoms with Crippen molar-refractivity contribution in [3.8, 4) is 0 Å². The number of halogens is 1. The first-order valence-electron chi connectivity index (χ1n) is 0.134. The zero-order chi connectivity index (χ0) is 2.00. The topological polar surface area (TPSA) is 33.5 Å². The van der Waals surface area contributed by atoms with Crippen LogP contribution in [0.3, 0.4) is 0 Å². The third-order valence-electron chi connectivity index (χ3n) is 0. The van der Waals surface area contributed by atoms with Crippen LogP contribution in [0.5, 0.6) is 0 Å². The molecule has 0 fully saturated rings. The van der Waals surface area contributed by atoms with Crippen molar-refractivity contribution in [1.82, 2.24) is 0 Å². The maximum absolute atomic E-state index is 4.57. The van der Waals surface area contributed by atoms with E-state index in [1.807, 2.05) is 17.3 Å². The Morgan fingerprint density at radius 2 is 1.20 bits per heavy atom. The summed E-state index contributed by atoms with van der Waals surface area (Å²) < 4.78 is 0. The molecule has 0 saturated carbocycles. The van der Waals surface area contributed by atoms with Gasteiger partial charge < -0.3 is 13.6 Å². The molecule has 0 heterocycles. The first-order valence-corrected chi connectivity index (χ1v) is 2.37. The summed E-state index contributed by atoms with van der Waals surface area (Å²) in [7, 11) is 4.57. The van der Waals surface area contributed by atoms with E-state index >= 15 is 0 Å². The predicted octanol–water partition coefficient (Wildman–Crippen LogP) is 1.91. The molecule has 2 N–H and O–H groups in total. The van der Waals surface area contributed by atoms with Crippen LogP contribution in [0.25, 0.3) is 6.15 Å². The Kier molecular flexibility index (Phi) is 386. The molecule has 0 aromatic heterocycles. The van der Waals surface area contributed by atoms with E-state index in [4.69, 9.17) is 0 Å². The molecule has 0 amide bonds. The number of hydrogen-bond donors (Lipinski definition) is 0. The predicted molar refractivity (Wildman–Crippen MR) is 28.7 cm³/mol. The van der Waals surface area contributed by atoms with Crippen molar-refractivity contribution in [2.45, 2.75) is 0 Å². The second-order valence-corrected chi connectivity index (χ2v) is 0. The van der Waals surface area contributed by atoms with E-state index in [9.17, 15) is 0 Å². The summed E-state index contributed by atoms with van der Waals surface area (Å²) in [5.74, 6) is 0. The summed E-state index contributed by atoms with van der Waals surface area (Å²) in [6, 6.07) is 0. The van der Waals surface area contributed by atoms with Crippen molar-refractivity contribution in [3.63, 3.8) is 0 Å². The SMILES string of the molecule is P.[CH3-].[Cl][Ru+2].[NH2-]. The van der Waals surface area contributed by atoms with Crippen molar-refractivity contribution in [1.29, 1.82) is 0 Å². The molecule has 5 heavy (non-hydrogen) atoms. The summed E-state index contributed by atoms with van der Waals surface area (Å²) in [6.07, 6.45) is 0. The van der Waals surface area contributed by atoms with Gasteiger partial charge in [0, 0.05) is 0 Å². The van der Waals surface area contributed by atoms with Gasteiger partial charge in [0.1, 0.15) is 0 Å². The second kappa shape index (κ2) is 57.8. The smallest absolute Gasteiger partial charge is 0.693 e. The minimum atomic E-state index is 0. The molecular formula is CH8ClNPRu. The standard InChI is InChI=1S/CH3.ClH.H2N.H3P.Ru/h1H3;1H;1H2;1H3;/q-1;;-1;;+3/p-1. The molecule has 0 aromatic rings. The molecular weight excluding hydrogens is 194 g/mol. The molecule has 0 bridgehead atoms. The van der Waals surface area contributed by atoms with Crippen LogP contribution in [-0.4, -0.2) is 0 Å². The molecule has 0 aliphatic heterocycles. The quantitative estimate of drug-likeness (QED) is 0.326. The van der Waals surface area contributed by atoms with E-state index in [0.717, 1.165) is 0 Å². The monoisotopic (exact) mass is 202 g/mol. The van der Waals surface area contributed by atoms with Crippen molar-refractivity contribution in [2.75, 3.05) is 0 Å². The van der Waals surface area contributed by atoms with Gasteiger partial charge in [-0.3, -0.25) is 0 Å². The maximum Gasteiger partial charge on any atom is -0.693 e. The van der Waals surface area contributed by atoms with Crippen molar-refractivity contribution >= 4 is 19.6 Å². The van der Waals surface area contributed by atoms with Crippen LogP contribution in [0.15, 0.2) is 0 Å². The van der Waals surface area contributed by atoms with Crippen LogP contribution in [0.2, 0.25) is 0 Å². The van der Waals surface area contributed by atoms with Gasteiger partial charge in [-0.2, -0.15) is 9.90 Å². The fourth-order valence-corrected chi connectivity index (χ4v) is 0. The molecule has 0 spiro atoms. The van der Waals surface area contributed by atoms with Gasteiger partial charge in [0.2, 0.25) is 0 Å². The average molecular weight is 202 g/mol. The third kappa shape index (κ3) is 34.1. The van der Waals surface area contributed by atoms with Gasteiger partial charge in [0.15, 0.2) is 0 Å². The molecule has 1 nitrogen and oxygen atoms in total. The number of hydrogen-bond acceptors (Lipinski definition) is 0. The van der Waals surface area contributed by atoms with Crippen molar-refractivity contribution in [3.05, 3.63) is 13.6 Å². The third-order valence-corrected chi connectivity index (χ3v) is 0. The molecule has 0 aliphatic carbocycles. The van der Waals surface area contributed by atoms with Crippen LogP contribution in [-0.2, 0) is 17.3 Å². The van der Waals surface area contributed by atoms with Gasteiger partial charge >= 0.3 is 27.0 Å². The molecule has 0 aromatic carbocycles. The zero-order valence-corrected chi connectivity index (χ0v) is 6.92. The molecule has 4 heteroatoms. The van der Waals surface area contributed by atoms with E-state index in [1.165, 1.54) is 0 Å². The first kappa shape index (κ1) is 33.4. The van der Waals surface area contributed by atoms with Gasteiger partial charge in [0.05, 0.1) is 0 Å². The van der Waals surface area contributed by atoms with Crippen LogP contribution < -0.4 is 0 Å². The summed E-state index contributed by atoms with van der Waals surface area (Å²) in [5.41, 5.74) is 0. The molecule has 0 rings (SSSR count). The Bertz CT molecular complexity index is 11.6. The largest absolute Gasteiger partial charge is 0.693 e. The molecule has 0 radical (unpaired) electrons. The number of rotatable bonds is 0. The fraction of sp³-hybridized carbons (Fsp3) is 0. The zero-order valence-electron chi connectivity index (χ0n) is 3.02. The Morgan fingerprint density at radius 1 is 1.20 bits per heavy atom. The van der Waals surface area contributed by atoms with Crippen LogP contribution in [0, 0.1) is 7.43 Å². The second-order valence-electron chi connectivity index (χ2n) is 0. The molecule has 0 saturated heterocycles. The summed E-state index contributed by atoms with van der Waals surface area (Å²) in [5, 5.41) is 0. The number of nitrogens with two attached hydrogens (primary N) is 1. The normalized spacial score (nSPS) is 1.00. The van der Waals surface area contributed by atoms with Gasteiger partial charge in [-0.1, -0.05) is 0 Å². The molecule has 0 aliphatic rings. The molecule has 1 atom stereocenters. The van der Waals surface area contributed by atoms with Crippen LogP contribution >= 0.6 is 19.6 Å². The van der Waals surface area contributed by atoms with E-state index in [-0.39, 0.29) is 23.5 Å². The van der Waals surface area contributed by atoms with E-state index in [2.05, 4.69) is 9.69 Å². The summed E-state index contributed by atoms with van der Waals surface area (Å²) in [6.45, 7) is 0. The van der Waals surface area contributed by atoms with Crippen molar-refractivity contribution in [2.24, 2.45) is 0 Å². The molecule has 37 valence electrons. The van der Waals surface area contributed by atoms with Crippen LogP contribution in [0.4, 0.5) is 0 Å². The average Bonchev–Trinajstić information content (AvgIpc) is 1.00. The maximum atomic E-state index is 4.57. The van der Waals surface area contributed by atoms with E-state index < -0.39 is 0 Å². The van der Waals surface area contributed by atoms with Gasteiger partial charge in [-0.05, 0) is 0 Å². The van der Waals surface area contributed by atoms with E-state index in [0.29, 0.717) is 0 Å². The Hall–Kier alpha value is 1.30. The minimum Gasteiger partial charge on any atom is -0.693 e. The Morgan fingerprint density at radius 3 is 1.20 bits per heavy atom. The van der Waals surface area contributed by atoms with Gasteiger partial charge in [0.25, 0.3) is 0 Å². The minimum absolute atomic E-state index is 0. The Labute approximate surface area is 50.8 Å². The van der Waals surface area contributed by atoms with Crippen molar-refractivity contribution < 1.29 is 17.3 Å². The first-order chi connectivity index (χ1) is 1.00. The summed E-state index contributed by atoms with van der Waals surface area (Å²) in [4.78, 5) is 0. The van der Waals surface area contributed by atoms with Crippen LogP contribution in [0.1, 0.15) is 0 Å². The summed E-state index contributed by atoms with van der Waals surface area (Å²) >= 11 is 1.82.